The first kappa shape index (κ1) is 20.2. The molecule has 0 aliphatic heterocycles. The largest absolute Gasteiger partial charge is 0.352 e. The summed E-state index contributed by atoms with van der Waals surface area (Å²) >= 11 is 5.97. The predicted molar refractivity (Wildman–Crippen MR) is 122 cm³/mol. The first-order valence-electron chi connectivity index (χ1n) is 10.1. The van der Waals surface area contributed by atoms with Crippen molar-refractivity contribution >= 4 is 28.5 Å². The van der Waals surface area contributed by atoms with Crippen LogP contribution >= 0.6 is 11.6 Å². The molecule has 0 fully saturated rings. The number of rotatable bonds is 7. The van der Waals surface area contributed by atoms with Crippen LogP contribution in [0.5, 0.6) is 0 Å². The van der Waals surface area contributed by atoms with Gasteiger partial charge in [0.25, 0.3) is 5.91 Å². The lowest BCUT2D eigenvalue weighted by molar-refractivity contribution is 0.0953. The van der Waals surface area contributed by atoms with Gasteiger partial charge in [0.2, 0.25) is 0 Å². The summed E-state index contributed by atoms with van der Waals surface area (Å²) in [5, 5.41) is 3.53. The molecule has 4 nitrogen and oxygen atoms in total. The van der Waals surface area contributed by atoms with Crippen molar-refractivity contribution in [3.63, 3.8) is 0 Å². The molecule has 0 saturated carbocycles. The maximum absolute atomic E-state index is 12.3. The first-order valence-corrected chi connectivity index (χ1v) is 10.5. The van der Waals surface area contributed by atoms with Crippen LogP contribution < -0.4 is 5.32 Å². The maximum Gasteiger partial charge on any atom is 0.251 e. The highest BCUT2D eigenvalue weighted by Gasteiger charge is 2.11. The molecule has 1 N–H and O–H groups in total. The average Bonchev–Trinajstić information content (AvgIpc) is 3.08. The van der Waals surface area contributed by atoms with Gasteiger partial charge in [-0.05, 0) is 49.2 Å². The molecule has 1 heterocycles. The average molecular weight is 418 g/mol. The van der Waals surface area contributed by atoms with Crippen molar-refractivity contribution in [2.45, 2.75) is 26.3 Å². The number of aromatic nitrogens is 2. The molecule has 1 amide bonds. The third kappa shape index (κ3) is 4.71. The van der Waals surface area contributed by atoms with E-state index in [-0.39, 0.29) is 5.91 Å². The molecule has 0 saturated heterocycles. The SMILES string of the molecule is Cc1cccc(Cn2c(CCCNC(=O)c3cccc(Cl)c3)nc3ccccc32)c1. The lowest BCUT2D eigenvalue weighted by atomic mass is 10.1. The minimum atomic E-state index is -0.106. The summed E-state index contributed by atoms with van der Waals surface area (Å²) in [5.41, 5.74) is 5.23. The maximum atomic E-state index is 12.3. The number of aryl methyl sites for hydroxylation is 2. The highest BCUT2D eigenvalue weighted by molar-refractivity contribution is 6.30. The monoisotopic (exact) mass is 417 g/mol. The van der Waals surface area contributed by atoms with Crippen LogP contribution in [0.25, 0.3) is 11.0 Å². The van der Waals surface area contributed by atoms with Crippen LogP contribution in [0.2, 0.25) is 5.02 Å². The van der Waals surface area contributed by atoms with Gasteiger partial charge >= 0.3 is 0 Å². The number of imidazole rings is 1. The van der Waals surface area contributed by atoms with Crippen molar-refractivity contribution < 1.29 is 4.79 Å². The summed E-state index contributed by atoms with van der Waals surface area (Å²) in [7, 11) is 0. The molecule has 1 aromatic heterocycles. The molecule has 3 aromatic carbocycles. The number of carbonyl (C=O) groups excluding carboxylic acids is 1. The molecule has 0 aliphatic rings. The smallest absolute Gasteiger partial charge is 0.251 e. The molecule has 0 aliphatic carbocycles. The van der Waals surface area contributed by atoms with Crippen LogP contribution in [0, 0.1) is 6.92 Å². The molecule has 0 atom stereocenters. The fourth-order valence-corrected chi connectivity index (χ4v) is 3.86. The standard InChI is InChI=1S/C25H24ClN3O/c1-18-7-4-8-19(15-18)17-29-23-12-3-2-11-22(23)28-24(29)13-6-14-27-25(30)20-9-5-10-21(26)16-20/h2-5,7-12,15-16H,6,13-14,17H2,1H3,(H,27,30). The van der Waals surface area contributed by atoms with Gasteiger partial charge in [0, 0.05) is 30.1 Å². The second-order valence-electron chi connectivity index (χ2n) is 7.46. The molecule has 5 heteroatoms. The van der Waals surface area contributed by atoms with Gasteiger partial charge in [0.1, 0.15) is 5.82 Å². The topological polar surface area (TPSA) is 46.9 Å². The molecule has 30 heavy (non-hydrogen) atoms. The van der Waals surface area contributed by atoms with Crippen LogP contribution in [-0.2, 0) is 13.0 Å². The quantitative estimate of drug-likeness (QED) is 0.409. The van der Waals surface area contributed by atoms with Crippen molar-refractivity contribution in [3.8, 4) is 0 Å². The third-order valence-corrected chi connectivity index (χ3v) is 5.34. The summed E-state index contributed by atoms with van der Waals surface area (Å²) in [5.74, 6) is 0.931. The van der Waals surface area contributed by atoms with E-state index in [4.69, 9.17) is 16.6 Å². The lowest BCUT2D eigenvalue weighted by Crippen LogP contribution is -2.25. The summed E-state index contributed by atoms with van der Waals surface area (Å²) in [6, 6.07) is 23.8. The van der Waals surface area contributed by atoms with E-state index >= 15 is 0 Å². The first-order chi connectivity index (χ1) is 14.6. The third-order valence-electron chi connectivity index (χ3n) is 5.11. The van der Waals surface area contributed by atoms with Gasteiger partial charge in [-0.1, -0.05) is 59.6 Å². The Balaban J connectivity index is 1.45. The molecule has 0 radical (unpaired) electrons. The van der Waals surface area contributed by atoms with Crippen molar-refractivity contribution in [2.75, 3.05) is 6.54 Å². The van der Waals surface area contributed by atoms with Crippen molar-refractivity contribution in [2.24, 2.45) is 0 Å². The zero-order valence-corrected chi connectivity index (χ0v) is 17.7. The van der Waals surface area contributed by atoms with Gasteiger partial charge in [0.15, 0.2) is 0 Å². The zero-order chi connectivity index (χ0) is 20.9. The molecule has 0 bridgehead atoms. The molecule has 0 spiro atoms. The van der Waals surface area contributed by atoms with Crippen LogP contribution in [0.4, 0.5) is 0 Å². The Kier molecular flexibility index (Phi) is 6.15. The van der Waals surface area contributed by atoms with E-state index in [2.05, 4.69) is 47.1 Å². The number of carbonyl (C=O) groups is 1. The van der Waals surface area contributed by atoms with E-state index in [9.17, 15) is 4.79 Å². The lowest BCUT2D eigenvalue weighted by Gasteiger charge is -2.11. The van der Waals surface area contributed by atoms with Crippen LogP contribution in [0.15, 0.2) is 72.8 Å². The fourth-order valence-electron chi connectivity index (χ4n) is 3.67. The van der Waals surface area contributed by atoms with Gasteiger partial charge in [0.05, 0.1) is 11.0 Å². The van der Waals surface area contributed by atoms with Crippen LogP contribution in [-0.4, -0.2) is 22.0 Å². The molecular weight excluding hydrogens is 394 g/mol. The second-order valence-corrected chi connectivity index (χ2v) is 7.90. The highest BCUT2D eigenvalue weighted by Crippen LogP contribution is 2.19. The van der Waals surface area contributed by atoms with Crippen LogP contribution in [0.3, 0.4) is 0 Å². The Morgan fingerprint density at radius 3 is 2.70 bits per heavy atom. The van der Waals surface area contributed by atoms with E-state index in [1.807, 2.05) is 18.2 Å². The van der Waals surface area contributed by atoms with Gasteiger partial charge < -0.3 is 9.88 Å². The number of benzene rings is 3. The number of amides is 1. The van der Waals surface area contributed by atoms with Gasteiger partial charge in [-0.2, -0.15) is 0 Å². The number of nitrogens with one attached hydrogen (secondary N) is 1. The van der Waals surface area contributed by atoms with E-state index in [0.29, 0.717) is 17.1 Å². The van der Waals surface area contributed by atoms with Crippen molar-refractivity contribution in [3.05, 3.63) is 100 Å². The minimum absolute atomic E-state index is 0.106. The van der Waals surface area contributed by atoms with Crippen molar-refractivity contribution in [1.82, 2.24) is 14.9 Å². The van der Waals surface area contributed by atoms with Gasteiger partial charge in [-0.25, -0.2) is 4.98 Å². The zero-order valence-electron chi connectivity index (χ0n) is 16.9. The predicted octanol–water partition coefficient (Wildman–Crippen LogP) is 5.41. The van der Waals surface area contributed by atoms with E-state index < -0.39 is 0 Å². The number of fused-ring (bicyclic) bond motifs is 1. The van der Waals surface area contributed by atoms with Gasteiger partial charge in [-0.15, -0.1) is 0 Å². The Morgan fingerprint density at radius 2 is 1.87 bits per heavy atom. The Hall–Kier alpha value is -3.11. The Labute approximate surface area is 181 Å². The Morgan fingerprint density at radius 1 is 1.03 bits per heavy atom. The number of nitrogens with zero attached hydrogens (tertiary/aromatic N) is 2. The summed E-state index contributed by atoms with van der Waals surface area (Å²) in [6.07, 6.45) is 1.60. The minimum Gasteiger partial charge on any atom is -0.352 e. The van der Waals surface area contributed by atoms with E-state index in [0.717, 1.165) is 36.2 Å². The molecule has 0 unspecified atom stereocenters. The molecule has 4 aromatic rings. The normalized spacial score (nSPS) is 11.0. The van der Waals surface area contributed by atoms with Crippen LogP contribution in [0.1, 0.15) is 33.7 Å². The number of hydrogen-bond acceptors (Lipinski definition) is 2. The molecule has 4 rings (SSSR count). The van der Waals surface area contributed by atoms with E-state index in [1.165, 1.54) is 11.1 Å². The molecule has 152 valence electrons. The summed E-state index contributed by atoms with van der Waals surface area (Å²) in [6.45, 7) is 3.48. The number of hydrogen-bond donors (Lipinski definition) is 1. The fraction of sp³-hybridized carbons (Fsp3) is 0.200. The number of para-hydroxylation sites is 2. The van der Waals surface area contributed by atoms with E-state index in [1.54, 1.807) is 24.3 Å². The van der Waals surface area contributed by atoms with Gasteiger partial charge in [-0.3, -0.25) is 4.79 Å². The summed E-state index contributed by atoms with van der Waals surface area (Å²) < 4.78 is 2.28. The second kappa shape index (κ2) is 9.14. The summed E-state index contributed by atoms with van der Waals surface area (Å²) in [4.78, 5) is 17.1. The highest BCUT2D eigenvalue weighted by atomic mass is 35.5. The molecular formula is C25H24ClN3O. The van der Waals surface area contributed by atoms with Crippen molar-refractivity contribution in [1.29, 1.82) is 0 Å². The Bertz CT molecular complexity index is 1180. The number of halogens is 1.